The summed E-state index contributed by atoms with van der Waals surface area (Å²) in [6, 6.07) is 10.8. The number of nitrogens with one attached hydrogen (secondary N) is 1. The summed E-state index contributed by atoms with van der Waals surface area (Å²) in [6.45, 7) is 6.12. The summed E-state index contributed by atoms with van der Waals surface area (Å²) in [5.74, 6) is -0.0953. The fourth-order valence-electron chi connectivity index (χ4n) is 2.65. The summed E-state index contributed by atoms with van der Waals surface area (Å²) in [5.41, 5.74) is 0.735. The molecule has 6 heteroatoms. The van der Waals surface area contributed by atoms with Gasteiger partial charge in [0.05, 0.1) is 10.3 Å². The second kappa shape index (κ2) is 5.74. The third-order valence-electron chi connectivity index (χ3n) is 4.15. The Labute approximate surface area is 145 Å². The smallest absolute Gasteiger partial charge is 0.211 e. The quantitative estimate of drug-likeness (QED) is 0.736. The predicted octanol–water partition coefficient (Wildman–Crippen LogP) is 3.36. The molecule has 3 aromatic rings. The maximum Gasteiger partial charge on any atom is 0.211 e. The minimum atomic E-state index is -3.96. The largest absolute Gasteiger partial charge is 0.508 e. The third-order valence-corrected chi connectivity index (χ3v) is 5.93. The van der Waals surface area contributed by atoms with Gasteiger partial charge in [-0.25, -0.2) is 8.42 Å². The molecule has 0 fully saturated rings. The van der Waals surface area contributed by atoms with Gasteiger partial charge in [0.25, 0.3) is 0 Å². The lowest BCUT2D eigenvalue weighted by molar-refractivity contribution is 0.476. The van der Waals surface area contributed by atoms with Gasteiger partial charge in [-0.15, -0.1) is 0 Å². The zero-order valence-corrected chi connectivity index (χ0v) is 15.0. The number of aromatic amines is 1. The molecule has 0 atom stereocenters. The van der Waals surface area contributed by atoms with Crippen LogP contribution in [0, 0.1) is 0 Å². The van der Waals surface area contributed by atoms with E-state index in [1.807, 2.05) is 20.8 Å². The second-order valence-electron chi connectivity index (χ2n) is 6.99. The zero-order chi connectivity index (χ0) is 18.4. The lowest BCUT2D eigenvalue weighted by Crippen LogP contribution is -2.17. The fraction of sp³-hybridized carbons (Fsp3) is 0.211. The molecule has 0 amide bonds. The molecule has 130 valence electrons. The molecule has 2 aromatic carbocycles. The van der Waals surface area contributed by atoms with E-state index in [1.165, 1.54) is 36.5 Å². The van der Waals surface area contributed by atoms with Crippen molar-refractivity contribution in [3.05, 3.63) is 64.4 Å². The Hall–Kier alpha value is -2.60. The summed E-state index contributed by atoms with van der Waals surface area (Å²) in [7, 11) is -3.96. The van der Waals surface area contributed by atoms with Crippen LogP contribution in [0.4, 0.5) is 0 Å². The molecule has 0 saturated carbocycles. The zero-order valence-electron chi connectivity index (χ0n) is 14.2. The summed E-state index contributed by atoms with van der Waals surface area (Å²) < 4.78 is 25.7. The molecule has 5 nitrogen and oxygen atoms in total. The van der Waals surface area contributed by atoms with E-state index in [-0.39, 0.29) is 26.3 Å². The summed E-state index contributed by atoms with van der Waals surface area (Å²) >= 11 is 0. The normalized spacial score (nSPS) is 12.4. The van der Waals surface area contributed by atoms with Crippen molar-refractivity contribution >= 4 is 20.7 Å². The van der Waals surface area contributed by atoms with Crippen molar-refractivity contribution in [1.82, 2.24) is 4.98 Å². The maximum atomic E-state index is 12.9. The predicted molar refractivity (Wildman–Crippen MR) is 96.8 cm³/mol. The summed E-state index contributed by atoms with van der Waals surface area (Å²) in [5, 5.41) is 9.70. The number of phenolic OH excluding ortho intramolecular Hbond substituents is 1. The van der Waals surface area contributed by atoms with E-state index >= 15 is 0 Å². The topological polar surface area (TPSA) is 87.2 Å². The molecule has 1 aromatic heterocycles. The lowest BCUT2D eigenvalue weighted by atomic mass is 9.87. The van der Waals surface area contributed by atoms with Crippen LogP contribution in [-0.2, 0) is 15.3 Å². The monoisotopic (exact) mass is 357 g/mol. The van der Waals surface area contributed by atoms with E-state index < -0.39 is 15.3 Å². The first-order chi connectivity index (χ1) is 11.6. The van der Waals surface area contributed by atoms with Crippen LogP contribution in [0.1, 0.15) is 26.3 Å². The van der Waals surface area contributed by atoms with Crippen molar-refractivity contribution in [1.29, 1.82) is 0 Å². The van der Waals surface area contributed by atoms with E-state index in [9.17, 15) is 18.3 Å². The van der Waals surface area contributed by atoms with E-state index in [0.29, 0.717) is 5.52 Å². The molecule has 1 heterocycles. The fourth-order valence-corrected chi connectivity index (χ4v) is 3.96. The number of aromatic nitrogens is 1. The van der Waals surface area contributed by atoms with Gasteiger partial charge in [0.15, 0.2) is 0 Å². The standard InChI is InChI=1S/C19H19NO4S/c1-19(2,3)12-4-7-14(8-5-12)25(23,24)17-11-20-16-9-6-13(21)10-15(16)18(17)22/h4-11,21H,1-3H3,(H,20,22). The molecule has 3 rings (SSSR count). The summed E-state index contributed by atoms with van der Waals surface area (Å²) in [4.78, 5) is 15.1. The Kier molecular flexibility index (Phi) is 3.95. The van der Waals surface area contributed by atoms with Gasteiger partial charge < -0.3 is 10.1 Å². The highest BCUT2D eigenvalue weighted by Crippen LogP contribution is 2.26. The Morgan fingerprint density at radius 3 is 2.24 bits per heavy atom. The molecule has 0 bridgehead atoms. The van der Waals surface area contributed by atoms with Crippen LogP contribution >= 0.6 is 0 Å². The first-order valence-corrected chi connectivity index (χ1v) is 9.29. The molecule has 0 aliphatic heterocycles. The average molecular weight is 357 g/mol. The molecule has 0 saturated heterocycles. The number of pyridine rings is 1. The Bertz CT molecular complexity index is 1100. The highest BCUT2D eigenvalue weighted by molar-refractivity contribution is 7.91. The van der Waals surface area contributed by atoms with Crippen molar-refractivity contribution in [3.63, 3.8) is 0 Å². The van der Waals surface area contributed by atoms with E-state index in [0.717, 1.165) is 5.56 Å². The molecule has 0 aliphatic rings. The SMILES string of the molecule is CC(C)(C)c1ccc(S(=O)(=O)c2c[nH]c3ccc(O)cc3c2=O)cc1. The minimum absolute atomic E-state index is 0.0607. The van der Waals surface area contributed by atoms with Crippen molar-refractivity contribution in [3.8, 4) is 5.75 Å². The van der Waals surface area contributed by atoms with E-state index in [1.54, 1.807) is 12.1 Å². The Morgan fingerprint density at radius 1 is 1.00 bits per heavy atom. The Morgan fingerprint density at radius 2 is 1.64 bits per heavy atom. The number of aromatic hydroxyl groups is 1. The van der Waals surface area contributed by atoms with Crippen LogP contribution in [0.3, 0.4) is 0 Å². The van der Waals surface area contributed by atoms with Gasteiger partial charge in [0, 0.05) is 11.7 Å². The van der Waals surface area contributed by atoms with Crippen molar-refractivity contribution < 1.29 is 13.5 Å². The van der Waals surface area contributed by atoms with Crippen LogP contribution in [0.2, 0.25) is 0 Å². The van der Waals surface area contributed by atoms with Gasteiger partial charge >= 0.3 is 0 Å². The maximum absolute atomic E-state index is 12.9. The molecular weight excluding hydrogens is 338 g/mol. The number of fused-ring (bicyclic) bond motifs is 1. The molecule has 2 N–H and O–H groups in total. The van der Waals surface area contributed by atoms with Gasteiger partial charge in [-0.2, -0.15) is 0 Å². The molecule has 0 unspecified atom stereocenters. The number of sulfone groups is 1. The highest BCUT2D eigenvalue weighted by atomic mass is 32.2. The number of rotatable bonds is 2. The third kappa shape index (κ3) is 3.05. The first kappa shape index (κ1) is 17.2. The first-order valence-electron chi connectivity index (χ1n) is 7.81. The van der Waals surface area contributed by atoms with Crippen LogP contribution in [0.5, 0.6) is 5.75 Å². The van der Waals surface area contributed by atoms with Crippen LogP contribution in [-0.4, -0.2) is 18.5 Å². The number of hydrogen-bond donors (Lipinski definition) is 2. The van der Waals surface area contributed by atoms with Gasteiger partial charge in [0.2, 0.25) is 15.3 Å². The van der Waals surface area contributed by atoms with E-state index in [4.69, 9.17) is 0 Å². The van der Waals surface area contributed by atoms with Crippen molar-refractivity contribution in [2.75, 3.05) is 0 Å². The molecule has 0 aliphatic carbocycles. The van der Waals surface area contributed by atoms with Crippen molar-refractivity contribution in [2.45, 2.75) is 36.0 Å². The van der Waals surface area contributed by atoms with Crippen LogP contribution in [0.25, 0.3) is 10.9 Å². The van der Waals surface area contributed by atoms with Gasteiger partial charge in [-0.1, -0.05) is 32.9 Å². The number of benzene rings is 2. The molecule has 25 heavy (non-hydrogen) atoms. The number of phenols is 1. The highest BCUT2D eigenvalue weighted by Gasteiger charge is 2.23. The van der Waals surface area contributed by atoms with Gasteiger partial charge in [-0.3, -0.25) is 4.79 Å². The second-order valence-corrected chi connectivity index (χ2v) is 8.91. The summed E-state index contributed by atoms with van der Waals surface area (Å²) in [6.07, 6.45) is 1.20. The van der Waals surface area contributed by atoms with Crippen molar-refractivity contribution in [2.24, 2.45) is 0 Å². The molecule has 0 spiro atoms. The minimum Gasteiger partial charge on any atom is -0.508 e. The Balaban J connectivity index is 2.16. The van der Waals surface area contributed by atoms with E-state index in [2.05, 4.69) is 4.98 Å². The molecule has 0 radical (unpaired) electrons. The number of hydrogen-bond acceptors (Lipinski definition) is 4. The lowest BCUT2D eigenvalue weighted by Gasteiger charge is -2.19. The average Bonchev–Trinajstić information content (AvgIpc) is 2.55. The van der Waals surface area contributed by atoms with Gasteiger partial charge in [-0.05, 0) is 41.3 Å². The van der Waals surface area contributed by atoms with Crippen LogP contribution in [0.15, 0.2) is 63.2 Å². The number of H-pyrrole nitrogens is 1. The van der Waals surface area contributed by atoms with Gasteiger partial charge in [0.1, 0.15) is 10.6 Å². The van der Waals surface area contributed by atoms with Crippen LogP contribution < -0.4 is 5.43 Å². The molecular formula is C19H19NO4S.